The largest absolute Gasteiger partial charge is 0.361 e. The van der Waals surface area contributed by atoms with Gasteiger partial charge in [0.1, 0.15) is 5.76 Å². The van der Waals surface area contributed by atoms with Crippen molar-refractivity contribution in [1.29, 1.82) is 0 Å². The monoisotopic (exact) mass is 265 g/mol. The van der Waals surface area contributed by atoms with Crippen molar-refractivity contribution in [2.75, 3.05) is 26.2 Å². The van der Waals surface area contributed by atoms with E-state index in [2.05, 4.69) is 22.3 Å². The molecule has 1 aliphatic heterocycles. The highest BCUT2D eigenvalue weighted by Gasteiger charge is 2.15. The Kier molecular flexibility index (Phi) is 5.40. The second kappa shape index (κ2) is 7.06. The summed E-state index contributed by atoms with van der Waals surface area (Å²) >= 11 is 0. The highest BCUT2D eigenvalue weighted by Crippen LogP contribution is 2.20. The first kappa shape index (κ1) is 14.5. The van der Waals surface area contributed by atoms with Crippen LogP contribution in [0, 0.1) is 13.8 Å². The van der Waals surface area contributed by atoms with Crippen LogP contribution < -0.4 is 5.32 Å². The van der Waals surface area contributed by atoms with Crippen LogP contribution in [0.25, 0.3) is 0 Å². The van der Waals surface area contributed by atoms with Gasteiger partial charge in [-0.2, -0.15) is 0 Å². The Bertz CT molecular complexity index is 363. The van der Waals surface area contributed by atoms with E-state index in [4.69, 9.17) is 4.52 Å². The molecule has 1 atom stereocenters. The molecule has 0 radical (unpaired) electrons. The molecule has 1 N–H and O–H groups in total. The van der Waals surface area contributed by atoms with Crippen LogP contribution >= 0.6 is 0 Å². The maximum atomic E-state index is 5.22. The maximum Gasteiger partial charge on any atom is 0.138 e. The number of hydrogen-bond donors (Lipinski definition) is 1. The molecule has 0 amide bonds. The Labute approximate surface area is 116 Å². The quantitative estimate of drug-likeness (QED) is 0.803. The van der Waals surface area contributed by atoms with Gasteiger partial charge in [-0.05, 0) is 66.2 Å². The summed E-state index contributed by atoms with van der Waals surface area (Å²) in [4.78, 5) is 2.59. The molecule has 2 rings (SSSR count). The third kappa shape index (κ3) is 4.05. The fourth-order valence-electron chi connectivity index (χ4n) is 3.01. The lowest BCUT2D eigenvalue weighted by molar-refractivity contribution is 0.225. The van der Waals surface area contributed by atoms with Crippen LogP contribution in [0.15, 0.2) is 4.52 Å². The van der Waals surface area contributed by atoms with Crippen molar-refractivity contribution < 1.29 is 4.52 Å². The van der Waals surface area contributed by atoms with Gasteiger partial charge in [-0.1, -0.05) is 11.6 Å². The molecule has 1 saturated heterocycles. The Hall–Kier alpha value is -0.870. The Morgan fingerprint density at radius 1 is 1.26 bits per heavy atom. The minimum absolute atomic E-state index is 0.326. The molecule has 0 bridgehead atoms. The van der Waals surface area contributed by atoms with E-state index in [0.29, 0.717) is 6.04 Å². The molecule has 0 unspecified atom stereocenters. The van der Waals surface area contributed by atoms with Crippen LogP contribution in [0.2, 0.25) is 0 Å². The summed E-state index contributed by atoms with van der Waals surface area (Å²) < 4.78 is 5.22. The molecule has 4 nitrogen and oxygen atoms in total. The van der Waals surface area contributed by atoms with Gasteiger partial charge in [-0.25, -0.2) is 0 Å². The number of aryl methyl sites for hydroxylation is 2. The second-order valence-electron chi connectivity index (χ2n) is 5.67. The van der Waals surface area contributed by atoms with Crippen molar-refractivity contribution in [2.24, 2.45) is 0 Å². The molecule has 0 saturated carbocycles. The predicted molar refractivity (Wildman–Crippen MR) is 77.3 cm³/mol. The average Bonchev–Trinajstić information content (AvgIpc) is 2.75. The van der Waals surface area contributed by atoms with E-state index in [9.17, 15) is 0 Å². The summed E-state index contributed by atoms with van der Waals surface area (Å²) in [6.07, 6.45) is 5.39. The highest BCUT2D eigenvalue weighted by atomic mass is 16.5. The van der Waals surface area contributed by atoms with Gasteiger partial charge < -0.3 is 14.7 Å². The number of hydrogen-bond acceptors (Lipinski definition) is 4. The molecule has 2 heterocycles. The van der Waals surface area contributed by atoms with Gasteiger partial charge in [0.15, 0.2) is 0 Å². The van der Waals surface area contributed by atoms with E-state index in [1.165, 1.54) is 50.9 Å². The summed E-state index contributed by atoms with van der Waals surface area (Å²) in [5.74, 6) is 0.938. The first-order chi connectivity index (χ1) is 9.18. The van der Waals surface area contributed by atoms with Gasteiger partial charge in [-0.15, -0.1) is 0 Å². The summed E-state index contributed by atoms with van der Waals surface area (Å²) in [6.45, 7) is 11.0. The van der Waals surface area contributed by atoms with E-state index in [1.807, 2.05) is 13.8 Å². The number of rotatable bonds is 6. The van der Waals surface area contributed by atoms with Crippen molar-refractivity contribution in [3.63, 3.8) is 0 Å². The number of piperidine rings is 1. The summed E-state index contributed by atoms with van der Waals surface area (Å²) in [5, 5.41) is 7.60. The van der Waals surface area contributed by atoms with Crippen molar-refractivity contribution in [3.8, 4) is 0 Å². The molecule has 19 heavy (non-hydrogen) atoms. The van der Waals surface area contributed by atoms with Crippen molar-refractivity contribution in [1.82, 2.24) is 15.4 Å². The lowest BCUT2D eigenvalue weighted by Crippen LogP contribution is -2.32. The van der Waals surface area contributed by atoms with E-state index in [1.54, 1.807) is 0 Å². The van der Waals surface area contributed by atoms with Crippen LogP contribution in [-0.4, -0.2) is 36.2 Å². The molecular formula is C15H27N3O. The smallest absolute Gasteiger partial charge is 0.138 e. The zero-order valence-electron chi connectivity index (χ0n) is 12.5. The van der Waals surface area contributed by atoms with Gasteiger partial charge in [0, 0.05) is 11.6 Å². The molecule has 1 aromatic heterocycles. The van der Waals surface area contributed by atoms with Crippen LogP contribution in [0.1, 0.15) is 55.7 Å². The first-order valence-corrected chi connectivity index (χ1v) is 7.57. The minimum Gasteiger partial charge on any atom is -0.361 e. The highest BCUT2D eigenvalue weighted by molar-refractivity contribution is 5.24. The number of likely N-dealkylation sites (tertiary alicyclic amines) is 1. The van der Waals surface area contributed by atoms with Gasteiger partial charge in [0.2, 0.25) is 0 Å². The molecule has 0 aliphatic carbocycles. The molecule has 1 fully saturated rings. The molecule has 0 aromatic carbocycles. The normalized spacial score (nSPS) is 18.7. The maximum absolute atomic E-state index is 5.22. The van der Waals surface area contributed by atoms with Crippen LogP contribution in [-0.2, 0) is 0 Å². The van der Waals surface area contributed by atoms with E-state index < -0.39 is 0 Å². The molecular weight excluding hydrogens is 238 g/mol. The van der Waals surface area contributed by atoms with Gasteiger partial charge >= 0.3 is 0 Å². The third-order valence-corrected chi connectivity index (χ3v) is 4.07. The third-order valence-electron chi connectivity index (χ3n) is 4.07. The lowest BCUT2D eigenvalue weighted by Gasteiger charge is -2.26. The van der Waals surface area contributed by atoms with Crippen molar-refractivity contribution in [2.45, 2.75) is 52.5 Å². The Balaban J connectivity index is 1.68. The van der Waals surface area contributed by atoms with Gasteiger partial charge in [-0.3, -0.25) is 0 Å². The van der Waals surface area contributed by atoms with Gasteiger partial charge in [0.05, 0.1) is 5.69 Å². The molecule has 108 valence electrons. The SMILES string of the molecule is Cc1noc(C)c1[C@@H](C)NCCCN1CCCCC1. The lowest BCUT2D eigenvalue weighted by atomic mass is 10.1. The number of nitrogens with zero attached hydrogens (tertiary/aromatic N) is 2. The fourth-order valence-corrected chi connectivity index (χ4v) is 3.01. The summed E-state index contributed by atoms with van der Waals surface area (Å²) in [7, 11) is 0. The average molecular weight is 265 g/mol. The minimum atomic E-state index is 0.326. The van der Waals surface area contributed by atoms with E-state index in [-0.39, 0.29) is 0 Å². The van der Waals surface area contributed by atoms with Crippen LogP contribution in [0.3, 0.4) is 0 Å². The first-order valence-electron chi connectivity index (χ1n) is 7.57. The Morgan fingerprint density at radius 2 is 2.00 bits per heavy atom. The predicted octanol–water partition coefficient (Wildman–Crippen LogP) is 2.82. The molecule has 0 spiro atoms. The Morgan fingerprint density at radius 3 is 2.63 bits per heavy atom. The second-order valence-corrected chi connectivity index (χ2v) is 5.67. The molecule has 4 heteroatoms. The summed E-state index contributed by atoms with van der Waals surface area (Å²) in [6, 6.07) is 0.326. The van der Waals surface area contributed by atoms with Gasteiger partial charge in [0.25, 0.3) is 0 Å². The fraction of sp³-hybridized carbons (Fsp3) is 0.800. The van der Waals surface area contributed by atoms with Crippen LogP contribution in [0.4, 0.5) is 0 Å². The zero-order valence-corrected chi connectivity index (χ0v) is 12.5. The van der Waals surface area contributed by atoms with Crippen molar-refractivity contribution >= 4 is 0 Å². The number of nitrogens with one attached hydrogen (secondary N) is 1. The zero-order chi connectivity index (χ0) is 13.7. The molecule has 1 aliphatic rings. The summed E-state index contributed by atoms with van der Waals surface area (Å²) in [5.41, 5.74) is 2.23. The van der Waals surface area contributed by atoms with E-state index in [0.717, 1.165) is 18.0 Å². The number of aromatic nitrogens is 1. The molecule has 1 aromatic rings. The topological polar surface area (TPSA) is 41.3 Å². The standard InChI is InChI=1S/C15H27N3O/c1-12(15-13(2)17-19-14(15)3)16-8-7-11-18-9-5-4-6-10-18/h12,16H,4-11H2,1-3H3/t12-/m1/s1. The van der Waals surface area contributed by atoms with Crippen molar-refractivity contribution in [3.05, 3.63) is 17.0 Å². The van der Waals surface area contributed by atoms with Crippen LogP contribution in [0.5, 0.6) is 0 Å². The van der Waals surface area contributed by atoms with E-state index >= 15 is 0 Å².